The SMILES string of the molecule is Cc1ccc(Cl)cc1N1CCN(C(=O)[C@H]2C[C@H]2c2cccc(C(F)(F)F)c2)CC1. The molecule has 1 amide bonds. The van der Waals surface area contributed by atoms with Gasteiger partial charge in [-0.3, -0.25) is 4.79 Å². The van der Waals surface area contributed by atoms with Gasteiger partial charge in [-0.25, -0.2) is 0 Å². The Kier molecular flexibility index (Phi) is 5.23. The maximum absolute atomic E-state index is 12.9. The van der Waals surface area contributed by atoms with Gasteiger partial charge >= 0.3 is 6.18 Å². The van der Waals surface area contributed by atoms with Crippen molar-refractivity contribution in [2.75, 3.05) is 31.1 Å². The molecule has 4 rings (SSSR count). The summed E-state index contributed by atoms with van der Waals surface area (Å²) in [6.45, 7) is 4.68. The lowest BCUT2D eigenvalue weighted by Gasteiger charge is -2.37. The van der Waals surface area contributed by atoms with Crippen molar-refractivity contribution in [3.8, 4) is 0 Å². The molecule has 1 heterocycles. The fraction of sp³-hybridized carbons (Fsp3) is 0.409. The molecule has 0 radical (unpaired) electrons. The van der Waals surface area contributed by atoms with Crippen molar-refractivity contribution in [2.45, 2.75) is 25.4 Å². The van der Waals surface area contributed by atoms with E-state index in [4.69, 9.17) is 11.6 Å². The summed E-state index contributed by atoms with van der Waals surface area (Å²) >= 11 is 6.12. The third kappa shape index (κ3) is 4.22. The topological polar surface area (TPSA) is 23.6 Å². The zero-order valence-corrected chi connectivity index (χ0v) is 16.8. The average molecular weight is 423 g/mol. The van der Waals surface area contributed by atoms with Gasteiger partial charge < -0.3 is 9.80 Å². The van der Waals surface area contributed by atoms with Gasteiger partial charge in [-0.1, -0.05) is 35.9 Å². The van der Waals surface area contributed by atoms with E-state index < -0.39 is 11.7 Å². The maximum Gasteiger partial charge on any atom is 0.416 e. The minimum atomic E-state index is -4.36. The van der Waals surface area contributed by atoms with E-state index in [0.717, 1.165) is 17.3 Å². The van der Waals surface area contributed by atoms with Crippen LogP contribution in [0.5, 0.6) is 0 Å². The average Bonchev–Trinajstić information content (AvgIpc) is 3.50. The highest BCUT2D eigenvalue weighted by Crippen LogP contribution is 2.49. The molecule has 2 aliphatic rings. The Labute approximate surface area is 173 Å². The maximum atomic E-state index is 12.9. The number of anilines is 1. The number of amides is 1. The Bertz CT molecular complexity index is 923. The number of carbonyl (C=O) groups is 1. The van der Waals surface area contributed by atoms with Gasteiger partial charge in [0.1, 0.15) is 0 Å². The summed E-state index contributed by atoms with van der Waals surface area (Å²) in [4.78, 5) is 16.9. The third-order valence-electron chi connectivity index (χ3n) is 5.85. The molecule has 0 aromatic heterocycles. The Hall–Kier alpha value is -2.21. The molecule has 1 saturated carbocycles. The molecule has 2 atom stereocenters. The number of rotatable bonds is 3. The van der Waals surface area contributed by atoms with Crippen LogP contribution < -0.4 is 4.90 Å². The number of aryl methyl sites for hydroxylation is 1. The molecule has 1 saturated heterocycles. The van der Waals surface area contributed by atoms with E-state index in [1.807, 2.05) is 30.0 Å². The van der Waals surface area contributed by atoms with Gasteiger partial charge in [0.25, 0.3) is 0 Å². The summed E-state index contributed by atoms with van der Waals surface area (Å²) in [5.74, 6) is -0.272. The van der Waals surface area contributed by atoms with Crippen molar-refractivity contribution in [3.05, 3.63) is 64.2 Å². The Morgan fingerprint density at radius 1 is 1.07 bits per heavy atom. The highest BCUT2D eigenvalue weighted by atomic mass is 35.5. The van der Waals surface area contributed by atoms with E-state index in [2.05, 4.69) is 4.90 Å². The number of hydrogen-bond acceptors (Lipinski definition) is 2. The van der Waals surface area contributed by atoms with Crippen LogP contribution in [0.25, 0.3) is 0 Å². The first kappa shape index (κ1) is 20.1. The molecule has 2 fully saturated rings. The largest absolute Gasteiger partial charge is 0.416 e. The second-order valence-corrected chi connectivity index (χ2v) is 8.25. The van der Waals surface area contributed by atoms with Crippen LogP contribution in [0.3, 0.4) is 0 Å². The van der Waals surface area contributed by atoms with Crippen LogP contribution in [0.4, 0.5) is 18.9 Å². The first-order valence-corrected chi connectivity index (χ1v) is 10.1. The molecule has 0 bridgehead atoms. The van der Waals surface area contributed by atoms with Crippen LogP contribution >= 0.6 is 11.6 Å². The van der Waals surface area contributed by atoms with E-state index >= 15 is 0 Å². The zero-order chi connectivity index (χ0) is 20.8. The third-order valence-corrected chi connectivity index (χ3v) is 6.09. The fourth-order valence-corrected chi connectivity index (χ4v) is 4.27. The standard InChI is InChI=1S/C22H22ClF3N2O/c1-14-5-6-17(23)12-20(14)27-7-9-28(10-8-27)21(29)19-13-18(19)15-3-2-4-16(11-15)22(24,25)26/h2-6,11-12,18-19H,7-10,13H2,1H3/t18-,19-/m0/s1. The number of hydrogen-bond donors (Lipinski definition) is 0. The van der Waals surface area contributed by atoms with Crippen molar-refractivity contribution >= 4 is 23.2 Å². The summed E-state index contributed by atoms with van der Waals surface area (Å²) in [6.07, 6.45) is -3.74. The zero-order valence-electron chi connectivity index (χ0n) is 16.0. The van der Waals surface area contributed by atoms with Gasteiger partial charge in [0.05, 0.1) is 5.56 Å². The minimum Gasteiger partial charge on any atom is -0.368 e. The molecule has 1 aliphatic heterocycles. The highest BCUT2D eigenvalue weighted by molar-refractivity contribution is 6.30. The smallest absolute Gasteiger partial charge is 0.368 e. The lowest BCUT2D eigenvalue weighted by Crippen LogP contribution is -2.49. The predicted octanol–water partition coefficient (Wildman–Crippen LogP) is 5.12. The van der Waals surface area contributed by atoms with Gasteiger partial charge in [0, 0.05) is 42.8 Å². The summed E-state index contributed by atoms with van der Waals surface area (Å²) < 4.78 is 38.8. The number of benzene rings is 2. The quantitative estimate of drug-likeness (QED) is 0.685. The van der Waals surface area contributed by atoms with E-state index in [-0.39, 0.29) is 17.7 Å². The molecule has 0 spiro atoms. The number of halogens is 4. The molecular weight excluding hydrogens is 401 g/mol. The van der Waals surface area contributed by atoms with Crippen LogP contribution in [-0.2, 0) is 11.0 Å². The van der Waals surface area contributed by atoms with E-state index in [0.29, 0.717) is 43.2 Å². The van der Waals surface area contributed by atoms with Crippen LogP contribution in [0.15, 0.2) is 42.5 Å². The number of piperazine rings is 1. The number of nitrogens with zero attached hydrogens (tertiary/aromatic N) is 2. The van der Waals surface area contributed by atoms with E-state index in [1.54, 1.807) is 6.07 Å². The molecule has 0 N–H and O–H groups in total. The van der Waals surface area contributed by atoms with Crippen molar-refractivity contribution in [1.29, 1.82) is 0 Å². The molecule has 154 valence electrons. The minimum absolute atomic E-state index is 0.0508. The first-order chi connectivity index (χ1) is 13.7. The van der Waals surface area contributed by atoms with Crippen LogP contribution in [0.1, 0.15) is 29.0 Å². The fourth-order valence-electron chi connectivity index (χ4n) is 4.11. The van der Waals surface area contributed by atoms with Crippen molar-refractivity contribution in [3.63, 3.8) is 0 Å². The van der Waals surface area contributed by atoms with Crippen molar-refractivity contribution < 1.29 is 18.0 Å². The van der Waals surface area contributed by atoms with Crippen LogP contribution in [0.2, 0.25) is 5.02 Å². The second-order valence-electron chi connectivity index (χ2n) is 7.82. The predicted molar refractivity (Wildman–Crippen MR) is 107 cm³/mol. The number of carbonyl (C=O) groups excluding carboxylic acids is 1. The summed E-state index contributed by atoms with van der Waals surface area (Å²) in [6, 6.07) is 11.1. The van der Waals surface area contributed by atoms with Gasteiger partial charge in [0.15, 0.2) is 0 Å². The molecule has 29 heavy (non-hydrogen) atoms. The van der Waals surface area contributed by atoms with E-state index in [9.17, 15) is 18.0 Å². The van der Waals surface area contributed by atoms with Crippen molar-refractivity contribution in [1.82, 2.24) is 4.90 Å². The second kappa shape index (κ2) is 7.56. The van der Waals surface area contributed by atoms with Gasteiger partial charge in [-0.15, -0.1) is 0 Å². The highest BCUT2D eigenvalue weighted by Gasteiger charge is 2.46. The summed E-state index contributed by atoms with van der Waals surface area (Å²) in [5, 5.41) is 0.686. The lowest BCUT2D eigenvalue weighted by atomic mass is 10.0. The molecule has 2 aromatic rings. The number of alkyl halides is 3. The Morgan fingerprint density at radius 2 is 1.79 bits per heavy atom. The lowest BCUT2D eigenvalue weighted by molar-refractivity contribution is -0.137. The monoisotopic (exact) mass is 422 g/mol. The first-order valence-electron chi connectivity index (χ1n) is 9.71. The van der Waals surface area contributed by atoms with Crippen molar-refractivity contribution in [2.24, 2.45) is 5.92 Å². The van der Waals surface area contributed by atoms with Crippen LogP contribution in [-0.4, -0.2) is 37.0 Å². The molecule has 3 nitrogen and oxygen atoms in total. The molecule has 1 aliphatic carbocycles. The van der Waals surface area contributed by atoms with Gasteiger partial charge in [-0.05, 0) is 48.6 Å². The molecule has 0 unspecified atom stereocenters. The molecular formula is C22H22ClF3N2O. The molecule has 7 heteroatoms. The van der Waals surface area contributed by atoms with Crippen LogP contribution in [0, 0.1) is 12.8 Å². The Balaban J connectivity index is 1.37. The molecule has 2 aromatic carbocycles. The van der Waals surface area contributed by atoms with Gasteiger partial charge in [0.2, 0.25) is 5.91 Å². The normalized spacial score (nSPS) is 22.0. The van der Waals surface area contributed by atoms with Gasteiger partial charge in [-0.2, -0.15) is 13.2 Å². The summed E-state index contributed by atoms with van der Waals surface area (Å²) in [7, 11) is 0. The Morgan fingerprint density at radius 3 is 2.48 bits per heavy atom. The van der Waals surface area contributed by atoms with E-state index in [1.165, 1.54) is 12.1 Å². The summed E-state index contributed by atoms with van der Waals surface area (Å²) in [5.41, 5.74) is 2.17.